The third-order valence-electron chi connectivity index (χ3n) is 2.00. The van der Waals surface area contributed by atoms with Gasteiger partial charge in [0, 0.05) is 12.1 Å². The van der Waals surface area contributed by atoms with Gasteiger partial charge in [-0.05, 0) is 17.5 Å². The summed E-state index contributed by atoms with van der Waals surface area (Å²) in [4.78, 5) is 15.3. The summed E-state index contributed by atoms with van der Waals surface area (Å²) >= 11 is 1.60. The molecule has 0 radical (unpaired) electrons. The first-order valence-corrected chi connectivity index (χ1v) is 5.15. The largest absolute Gasteiger partial charge is 0.326 e. The Hall–Kier alpha value is -1.39. The maximum Gasteiger partial charge on any atom is 0.252 e. The van der Waals surface area contributed by atoms with E-state index < -0.39 is 0 Å². The summed E-state index contributed by atoms with van der Waals surface area (Å²) in [7, 11) is 0. The first-order valence-electron chi connectivity index (χ1n) is 4.27. The Morgan fingerprint density at radius 2 is 2.21 bits per heavy atom. The molecule has 0 atom stereocenters. The molecule has 0 fully saturated rings. The Balaban J connectivity index is 2.48. The summed E-state index contributed by atoms with van der Waals surface area (Å²) in [5, 5.41) is 1.98. The zero-order valence-corrected chi connectivity index (χ0v) is 8.30. The molecule has 0 saturated carbocycles. The van der Waals surface area contributed by atoms with Gasteiger partial charge in [0.1, 0.15) is 0 Å². The minimum absolute atomic E-state index is 0.0987. The van der Waals surface area contributed by atoms with Crippen molar-refractivity contribution in [3.63, 3.8) is 0 Å². The van der Waals surface area contributed by atoms with Crippen molar-refractivity contribution < 1.29 is 0 Å². The molecular formula is C10H10N2OS. The quantitative estimate of drug-likeness (QED) is 0.783. The van der Waals surface area contributed by atoms with E-state index >= 15 is 0 Å². The SMILES string of the molecule is NCc1ccc(-c2cccs2)[nH]c1=O. The molecule has 2 rings (SSSR count). The molecule has 0 aliphatic rings. The van der Waals surface area contributed by atoms with Crippen LogP contribution in [-0.2, 0) is 6.54 Å². The summed E-state index contributed by atoms with van der Waals surface area (Å²) in [6, 6.07) is 7.58. The van der Waals surface area contributed by atoms with Gasteiger partial charge >= 0.3 is 0 Å². The van der Waals surface area contributed by atoms with Crippen LogP contribution in [0.15, 0.2) is 34.4 Å². The Bertz CT molecular complexity index is 473. The predicted molar refractivity (Wildman–Crippen MR) is 58.3 cm³/mol. The van der Waals surface area contributed by atoms with Gasteiger partial charge in [0.15, 0.2) is 0 Å². The fourth-order valence-corrected chi connectivity index (χ4v) is 1.95. The van der Waals surface area contributed by atoms with E-state index in [1.807, 2.05) is 23.6 Å². The second-order valence-electron chi connectivity index (χ2n) is 2.91. The molecule has 14 heavy (non-hydrogen) atoms. The third kappa shape index (κ3) is 1.62. The average Bonchev–Trinajstić information content (AvgIpc) is 2.70. The van der Waals surface area contributed by atoms with Gasteiger partial charge in [-0.2, -0.15) is 0 Å². The summed E-state index contributed by atoms with van der Waals surface area (Å²) in [5.74, 6) is 0. The van der Waals surface area contributed by atoms with Crippen LogP contribution in [0.3, 0.4) is 0 Å². The molecule has 0 bridgehead atoms. The predicted octanol–water partition coefficient (Wildman–Crippen LogP) is 1.56. The topological polar surface area (TPSA) is 58.9 Å². The summed E-state index contributed by atoms with van der Waals surface area (Å²) in [5.41, 5.74) is 6.77. The van der Waals surface area contributed by atoms with Crippen molar-refractivity contribution in [3.8, 4) is 10.6 Å². The number of nitrogens with one attached hydrogen (secondary N) is 1. The summed E-state index contributed by atoms with van der Waals surface area (Å²) in [6.45, 7) is 0.278. The Morgan fingerprint density at radius 3 is 2.79 bits per heavy atom. The van der Waals surface area contributed by atoms with Crippen LogP contribution in [0.4, 0.5) is 0 Å². The number of rotatable bonds is 2. The van der Waals surface area contributed by atoms with Crippen LogP contribution in [0.5, 0.6) is 0 Å². The van der Waals surface area contributed by atoms with Crippen molar-refractivity contribution in [1.82, 2.24) is 4.98 Å². The zero-order valence-electron chi connectivity index (χ0n) is 7.49. The van der Waals surface area contributed by atoms with Gasteiger partial charge in [0.05, 0.1) is 10.6 Å². The number of pyridine rings is 1. The molecule has 3 N–H and O–H groups in total. The van der Waals surface area contributed by atoms with E-state index in [0.29, 0.717) is 5.56 Å². The first kappa shape index (κ1) is 9.18. The molecule has 4 heteroatoms. The number of hydrogen-bond acceptors (Lipinski definition) is 3. The van der Waals surface area contributed by atoms with Crippen LogP contribution in [0, 0.1) is 0 Å². The minimum atomic E-state index is -0.0987. The molecule has 0 aromatic carbocycles. The van der Waals surface area contributed by atoms with Gasteiger partial charge in [-0.1, -0.05) is 12.1 Å². The normalized spacial score (nSPS) is 10.4. The number of hydrogen-bond donors (Lipinski definition) is 2. The highest BCUT2D eigenvalue weighted by Crippen LogP contribution is 2.21. The first-order chi connectivity index (χ1) is 6.81. The molecule has 0 unspecified atom stereocenters. The minimum Gasteiger partial charge on any atom is -0.326 e. The van der Waals surface area contributed by atoms with Crippen molar-refractivity contribution >= 4 is 11.3 Å². The fourth-order valence-electron chi connectivity index (χ4n) is 1.24. The number of thiophene rings is 1. The second-order valence-corrected chi connectivity index (χ2v) is 3.86. The highest BCUT2D eigenvalue weighted by molar-refractivity contribution is 7.13. The van der Waals surface area contributed by atoms with E-state index in [9.17, 15) is 4.79 Å². The Kier molecular flexibility index (Phi) is 2.47. The van der Waals surface area contributed by atoms with Gasteiger partial charge in [-0.15, -0.1) is 11.3 Å². The van der Waals surface area contributed by atoms with Crippen molar-refractivity contribution in [1.29, 1.82) is 0 Å². The smallest absolute Gasteiger partial charge is 0.252 e. The lowest BCUT2D eigenvalue weighted by molar-refractivity contribution is 1.02. The van der Waals surface area contributed by atoms with Crippen molar-refractivity contribution in [2.45, 2.75) is 6.54 Å². The molecule has 3 nitrogen and oxygen atoms in total. The number of aromatic nitrogens is 1. The van der Waals surface area contributed by atoms with Crippen molar-refractivity contribution in [3.05, 3.63) is 45.6 Å². The van der Waals surface area contributed by atoms with E-state index in [1.165, 1.54) is 0 Å². The standard InChI is InChI=1S/C10H10N2OS/c11-6-7-3-4-8(12-10(7)13)9-2-1-5-14-9/h1-5H,6,11H2,(H,12,13). The van der Waals surface area contributed by atoms with E-state index in [2.05, 4.69) is 4.98 Å². The number of aromatic amines is 1. The maximum atomic E-state index is 11.4. The molecule has 2 aromatic rings. The molecule has 2 heterocycles. The van der Waals surface area contributed by atoms with Gasteiger partial charge in [0.2, 0.25) is 0 Å². The molecule has 0 aliphatic carbocycles. The number of H-pyrrole nitrogens is 1. The monoisotopic (exact) mass is 206 g/mol. The van der Waals surface area contributed by atoms with Crippen LogP contribution < -0.4 is 11.3 Å². The molecule has 72 valence electrons. The Labute approximate surface area is 85.2 Å². The molecule has 0 saturated heterocycles. The van der Waals surface area contributed by atoms with Crippen LogP contribution in [0.2, 0.25) is 0 Å². The van der Waals surface area contributed by atoms with Gasteiger partial charge in [-0.25, -0.2) is 0 Å². The third-order valence-corrected chi connectivity index (χ3v) is 2.90. The summed E-state index contributed by atoms with van der Waals surface area (Å²) < 4.78 is 0. The molecule has 0 aliphatic heterocycles. The molecular weight excluding hydrogens is 196 g/mol. The van der Waals surface area contributed by atoms with Crippen molar-refractivity contribution in [2.75, 3.05) is 0 Å². The van der Waals surface area contributed by atoms with E-state index in [-0.39, 0.29) is 12.1 Å². The van der Waals surface area contributed by atoms with Crippen LogP contribution in [-0.4, -0.2) is 4.98 Å². The average molecular weight is 206 g/mol. The second kappa shape index (κ2) is 3.77. The van der Waals surface area contributed by atoms with Crippen LogP contribution in [0.1, 0.15) is 5.56 Å². The highest BCUT2D eigenvalue weighted by Gasteiger charge is 2.01. The van der Waals surface area contributed by atoms with E-state index in [1.54, 1.807) is 17.4 Å². The Morgan fingerprint density at radius 1 is 1.36 bits per heavy atom. The zero-order chi connectivity index (χ0) is 9.97. The lowest BCUT2D eigenvalue weighted by Gasteiger charge is -1.99. The molecule has 0 amide bonds. The molecule has 2 aromatic heterocycles. The fraction of sp³-hybridized carbons (Fsp3) is 0.100. The van der Waals surface area contributed by atoms with E-state index in [4.69, 9.17) is 5.73 Å². The van der Waals surface area contributed by atoms with Crippen molar-refractivity contribution in [2.24, 2.45) is 5.73 Å². The van der Waals surface area contributed by atoms with Gasteiger partial charge in [-0.3, -0.25) is 4.79 Å². The van der Waals surface area contributed by atoms with Gasteiger partial charge < -0.3 is 10.7 Å². The summed E-state index contributed by atoms with van der Waals surface area (Å²) in [6.07, 6.45) is 0. The van der Waals surface area contributed by atoms with Crippen LogP contribution >= 0.6 is 11.3 Å². The number of nitrogens with two attached hydrogens (primary N) is 1. The van der Waals surface area contributed by atoms with E-state index in [0.717, 1.165) is 10.6 Å². The van der Waals surface area contributed by atoms with Gasteiger partial charge in [0.25, 0.3) is 5.56 Å². The maximum absolute atomic E-state index is 11.4. The van der Waals surface area contributed by atoms with Crippen LogP contribution in [0.25, 0.3) is 10.6 Å². The lowest BCUT2D eigenvalue weighted by Crippen LogP contribution is -2.15. The highest BCUT2D eigenvalue weighted by atomic mass is 32.1. The molecule has 0 spiro atoms. The lowest BCUT2D eigenvalue weighted by atomic mass is 10.2.